The lowest BCUT2D eigenvalue weighted by atomic mass is 9.91. The second-order valence-corrected chi connectivity index (χ2v) is 7.70. The molecule has 0 bridgehead atoms. The molecule has 1 aromatic heterocycles. The minimum absolute atomic E-state index is 0.644. The van der Waals surface area contributed by atoms with Gasteiger partial charge in [-0.05, 0) is 44.6 Å². The molecule has 0 spiro atoms. The minimum atomic E-state index is 0.644. The van der Waals surface area contributed by atoms with Crippen LogP contribution >= 0.6 is 11.3 Å². The van der Waals surface area contributed by atoms with Crippen LogP contribution in [0.4, 0.5) is 5.13 Å². The summed E-state index contributed by atoms with van der Waals surface area (Å²) in [4.78, 5) is 9.07. The van der Waals surface area contributed by atoms with Crippen LogP contribution in [0.5, 0.6) is 0 Å². The Morgan fingerprint density at radius 3 is 2.85 bits per heavy atom. The second kappa shape index (κ2) is 6.44. The van der Waals surface area contributed by atoms with Gasteiger partial charge in [0.05, 0.1) is 5.69 Å². The first-order chi connectivity index (χ1) is 9.74. The van der Waals surface area contributed by atoms with Gasteiger partial charge in [0.1, 0.15) is 0 Å². The molecule has 1 fully saturated rings. The van der Waals surface area contributed by atoms with E-state index in [2.05, 4.69) is 24.1 Å². The first kappa shape index (κ1) is 14.3. The molecule has 1 atom stereocenters. The molecule has 1 unspecified atom stereocenters. The molecular formula is C16H27N3S. The quantitative estimate of drug-likeness (QED) is 0.902. The number of nitrogens with one attached hydrogen (secondary N) is 1. The maximum Gasteiger partial charge on any atom is 0.185 e. The Kier molecular flexibility index (Phi) is 4.61. The van der Waals surface area contributed by atoms with Gasteiger partial charge in [0.25, 0.3) is 0 Å². The van der Waals surface area contributed by atoms with Gasteiger partial charge in [-0.1, -0.05) is 13.8 Å². The maximum absolute atomic E-state index is 5.02. The van der Waals surface area contributed by atoms with Crippen molar-refractivity contribution in [2.24, 2.45) is 5.92 Å². The van der Waals surface area contributed by atoms with E-state index in [-0.39, 0.29) is 0 Å². The highest BCUT2D eigenvalue weighted by Gasteiger charge is 2.26. The van der Waals surface area contributed by atoms with E-state index in [1.165, 1.54) is 56.0 Å². The topological polar surface area (TPSA) is 28.2 Å². The number of nitrogens with zero attached hydrogens (tertiary/aromatic N) is 2. The Balaban J connectivity index is 1.68. The molecule has 2 aliphatic rings. The summed E-state index contributed by atoms with van der Waals surface area (Å²) in [7, 11) is 0. The zero-order valence-electron chi connectivity index (χ0n) is 12.8. The lowest BCUT2D eigenvalue weighted by Gasteiger charge is -2.22. The normalized spacial score (nSPS) is 22.6. The number of fused-ring (bicyclic) bond motifs is 1. The molecule has 2 heterocycles. The van der Waals surface area contributed by atoms with Gasteiger partial charge in [0, 0.05) is 30.4 Å². The largest absolute Gasteiger partial charge is 0.348 e. The van der Waals surface area contributed by atoms with E-state index < -0.39 is 0 Å². The Labute approximate surface area is 126 Å². The molecule has 0 saturated carbocycles. The van der Waals surface area contributed by atoms with Gasteiger partial charge in [-0.15, -0.1) is 11.3 Å². The highest BCUT2D eigenvalue weighted by Crippen LogP contribution is 2.38. The molecule has 1 aliphatic heterocycles. The molecule has 3 rings (SSSR count). The third-order valence-electron chi connectivity index (χ3n) is 4.38. The number of aromatic nitrogens is 1. The van der Waals surface area contributed by atoms with Crippen molar-refractivity contribution in [3.63, 3.8) is 0 Å². The molecule has 1 aromatic rings. The summed E-state index contributed by atoms with van der Waals surface area (Å²) >= 11 is 1.96. The fraction of sp³-hybridized carbons (Fsp3) is 0.812. The maximum atomic E-state index is 5.02. The molecule has 3 nitrogen and oxygen atoms in total. The molecule has 4 heteroatoms. The van der Waals surface area contributed by atoms with Crippen LogP contribution in [-0.4, -0.2) is 31.2 Å². The van der Waals surface area contributed by atoms with Crippen molar-refractivity contribution >= 4 is 16.5 Å². The summed E-state index contributed by atoms with van der Waals surface area (Å²) in [5.41, 5.74) is 1.42. The van der Waals surface area contributed by atoms with Crippen molar-refractivity contribution in [3.8, 4) is 0 Å². The summed E-state index contributed by atoms with van der Waals surface area (Å²) in [5, 5.41) is 4.92. The number of hydrogen-bond donors (Lipinski definition) is 1. The van der Waals surface area contributed by atoms with Crippen molar-refractivity contribution < 1.29 is 0 Å². The average molecular weight is 293 g/mol. The lowest BCUT2D eigenvalue weighted by Crippen LogP contribution is -2.27. The van der Waals surface area contributed by atoms with Crippen molar-refractivity contribution in [2.75, 3.05) is 31.1 Å². The van der Waals surface area contributed by atoms with Gasteiger partial charge in [0.2, 0.25) is 0 Å². The highest BCUT2D eigenvalue weighted by atomic mass is 32.1. The molecule has 112 valence electrons. The standard InChI is InChI=1S/C16H27N3S/c1-12(2)10-17-11-13-6-5-7-14-15(13)18-16(20-14)19-8-3-4-9-19/h12-13,17H,3-11H2,1-2H3. The predicted molar refractivity (Wildman–Crippen MR) is 86.9 cm³/mol. The molecule has 1 aliphatic carbocycles. The minimum Gasteiger partial charge on any atom is -0.348 e. The summed E-state index contributed by atoms with van der Waals surface area (Å²) in [6.45, 7) is 9.19. The highest BCUT2D eigenvalue weighted by molar-refractivity contribution is 7.15. The zero-order valence-corrected chi connectivity index (χ0v) is 13.6. The van der Waals surface area contributed by atoms with Gasteiger partial charge >= 0.3 is 0 Å². The first-order valence-electron chi connectivity index (χ1n) is 8.19. The molecular weight excluding hydrogens is 266 g/mol. The van der Waals surface area contributed by atoms with E-state index in [1.54, 1.807) is 4.88 Å². The van der Waals surface area contributed by atoms with E-state index in [4.69, 9.17) is 4.98 Å². The zero-order chi connectivity index (χ0) is 13.9. The van der Waals surface area contributed by atoms with Gasteiger partial charge < -0.3 is 10.2 Å². The van der Waals surface area contributed by atoms with Crippen LogP contribution in [0, 0.1) is 5.92 Å². The number of thiazole rings is 1. The number of aryl methyl sites for hydroxylation is 1. The van der Waals surface area contributed by atoms with E-state index in [0.29, 0.717) is 5.92 Å². The van der Waals surface area contributed by atoms with E-state index in [1.807, 2.05) is 11.3 Å². The first-order valence-corrected chi connectivity index (χ1v) is 9.01. The number of hydrogen-bond acceptors (Lipinski definition) is 4. The Morgan fingerprint density at radius 1 is 1.30 bits per heavy atom. The lowest BCUT2D eigenvalue weighted by molar-refractivity contribution is 0.473. The summed E-state index contributed by atoms with van der Waals surface area (Å²) < 4.78 is 0. The Morgan fingerprint density at radius 2 is 2.10 bits per heavy atom. The molecule has 1 saturated heterocycles. The van der Waals surface area contributed by atoms with Crippen LogP contribution in [-0.2, 0) is 6.42 Å². The van der Waals surface area contributed by atoms with E-state index in [9.17, 15) is 0 Å². The Hall–Kier alpha value is -0.610. The van der Waals surface area contributed by atoms with Crippen LogP contribution in [0.3, 0.4) is 0 Å². The third kappa shape index (κ3) is 3.17. The summed E-state index contributed by atoms with van der Waals surface area (Å²) in [6.07, 6.45) is 6.57. The number of rotatable bonds is 5. The Bertz CT molecular complexity index is 435. The van der Waals surface area contributed by atoms with Crippen LogP contribution in [0.1, 0.15) is 56.0 Å². The van der Waals surface area contributed by atoms with Crippen LogP contribution in [0.2, 0.25) is 0 Å². The molecule has 0 aromatic carbocycles. The van der Waals surface area contributed by atoms with Gasteiger partial charge in [-0.2, -0.15) is 0 Å². The van der Waals surface area contributed by atoms with Crippen molar-refractivity contribution in [3.05, 3.63) is 10.6 Å². The molecule has 0 amide bonds. The van der Waals surface area contributed by atoms with Gasteiger partial charge in [0.15, 0.2) is 5.13 Å². The SMILES string of the molecule is CC(C)CNCC1CCCc2sc(N3CCCC3)nc21. The molecule has 1 N–H and O–H groups in total. The number of anilines is 1. The smallest absolute Gasteiger partial charge is 0.185 e. The molecule has 20 heavy (non-hydrogen) atoms. The van der Waals surface area contributed by atoms with Gasteiger partial charge in [-0.3, -0.25) is 0 Å². The van der Waals surface area contributed by atoms with Crippen molar-refractivity contribution in [2.45, 2.75) is 51.9 Å². The van der Waals surface area contributed by atoms with Crippen molar-refractivity contribution in [1.29, 1.82) is 0 Å². The summed E-state index contributed by atoms with van der Waals surface area (Å²) in [5.74, 6) is 1.37. The fourth-order valence-corrected chi connectivity index (χ4v) is 4.52. The van der Waals surface area contributed by atoms with Gasteiger partial charge in [-0.25, -0.2) is 4.98 Å². The molecule has 0 radical (unpaired) electrons. The monoisotopic (exact) mass is 293 g/mol. The predicted octanol–water partition coefficient (Wildman–Crippen LogP) is 3.41. The third-order valence-corrected chi connectivity index (χ3v) is 5.57. The second-order valence-electron chi connectivity index (χ2n) is 6.64. The van der Waals surface area contributed by atoms with Crippen LogP contribution in [0.25, 0.3) is 0 Å². The van der Waals surface area contributed by atoms with E-state index in [0.717, 1.165) is 19.0 Å². The van der Waals surface area contributed by atoms with Crippen LogP contribution in [0.15, 0.2) is 0 Å². The van der Waals surface area contributed by atoms with Crippen LogP contribution < -0.4 is 10.2 Å². The average Bonchev–Trinajstić information content (AvgIpc) is 3.07. The summed E-state index contributed by atoms with van der Waals surface area (Å²) in [6, 6.07) is 0. The van der Waals surface area contributed by atoms with E-state index >= 15 is 0 Å². The van der Waals surface area contributed by atoms with Crippen molar-refractivity contribution in [1.82, 2.24) is 10.3 Å². The fourth-order valence-electron chi connectivity index (χ4n) is 3.28.